The van der Waals surface area contributed by atoms with Crippen molar-refractivity contribution in [3.8, 4) is 5.75 Å². The summed E-state index contributed by atoms with van der Waals surface area (Å²) in [4.78, 5) is 20.7. The molecule has 1 heterocycles. The molecule has 0 aromatic heterocycles. The van der Waals surface area contributed by atoms with Crippen LogP contribution in [0, 0.1) is 0 Å². The van der Waals surface area contributed by atoms with Crippen LogP contribution in [0.3, 0.4) is 0 Å². The maximum Gasteiger partial charge on any atom is 0.226 e. The van der Waals surface area contributed by atoms with Crippen molar-refractivity contribution in [2.24, 2.45) is 0 Å². The fourth-order valence-electron chi connectivity index (χ4n) is 2.56. The minimum absolute atomic E-state index is 0.138. The van der Waals surface area contributed by atoms with Gasteiger partial charge in [0.25, 0.3) is 0 Å². The third kappa shape index (κ3) is 8.35. The first kappa shape index (κ1) is 19.2. The number of carbonyl (C=O) groups is 2. The number of imide groups is 1. The van der Waals surface area contributed by atoms with Gasteiger partial charge >= 0.3 is 0 Å². The standard InChI is InChI=1S/C12H16O.C5H7NO2.CH4O/c1-3-7-11(8-4-1)13-12-9-5-2-6-10-12;7-4-2-1-3-5(8)6-4;1-2/h1,3-4,7-8,12H,2,5-6,9-10H2;1-3H2,(H,6,7,8);2H,1H3. The molecule has 0 bridgehead atoms. The predicted octanol–water partition coefficient (Wildman–Crippen LogP) is 2.82. The summed E-state index contributed by atoms with van der Waals surface area (Å²) in [5.74, 6) is 0.747. The molecule has 1 aromatic rings. The van der Waals surface area contributed by atoms with E-state index in [1.54, 1.807) is 0 Å². The Kier molecular flexibility index (Phi) is 9.71. The zero-order chi connectivity index (χ0) is 16.9. The van der Waals surface area contributed by atoms with E-state index in [4.69, 9.17) is 9.84 Å². The van der Waals surface area contributed by atoms with Gasteiger partial charge in [-0.15, -0.1) is 0 Å². The van der Waals surface area contributed by atoms with E-state index in [2.05, 4.69) is 5.32 Å². The fourth-order valence-corrected chi connectivity index (χ4v) is 2.56. The fraction of sp³-hybridized carbons (Fsp3) is 0.556. The van der Waals surface area contributed by atoms with E-state index in [0.29, 0.717) is 25.4 Å². The normalized spacial score (nSPS) is 17.8. The van der Waals surface area contributed by atoms with E-state index in [0.717, 1.165) is 12.9 Å². The number of para-hydroxylation sites is 1. The third-order valence-corrected chi connectivity index (χ3v) is 3.68. The van der Waals surface area contributed by atoms with Crippen LogP contribution >= 0.6 is 0 Å². The van der Waals surface area contributed by atoms with Crippen LogP contribution in [0.15, 0.2) is 30.3 Å². The molecule has 0 unspecified atom stereocenters. The Balaban J connectivity index is 0.000000228. The van der Waals surface area contributed by atoms with Crippen molar-refractivity contribution in [3.05, 3.63) is 30.3 Å². The number of piperidine rings is 1. The van der Waals surface area contributed by atoms with E-state index in [1.807, 2.05) is 30.3 Å². The van der Waals surface area contributed by atoms with Crippen molar-refractivity contribution in [1.82, 2.24) is 5.32 Å². The Morgan fingerprint density at radius 1 is 0.913 bits per heavy atom. The molecule has 1 aliphatic carbocycles. The lowest BCUT2D eigenvalue weighted by molar-refractivity contribution is -0.132. The number of rotatable bonds is 2. The Hall–Kier alpha value is -1.88. The molecular weight excluding hydrogens is 294 g/mol. The van der Waals surface area contributed by atoms with Crippen LogP contribution in [-0.4, -0.2) is 30.1 Å². The summed E-state index contributed by atoms with van der Waals surface area (Å²) < 4.78 is 5.86. The second-order valence-corrected chi connectivity index (χ2v) is 5.52. The molecule has 5 heteroatoms. The van der Waals surface area contributed by atoms with Crippen LogP contribution in [0.5, 0.6) is 5.75 Å². The van der Waals surface area contributed by atoms with Gasteiger partial charge in [0.15, 0.2) is 0 Å². The average molecular weight is 321 g/mol. The highest BCUT2D eigenvalue weighted by Crippen LogP contribution is 2.22. The molecule has 0 radical (unpaired) electrons. The summed E-state index contributed by atoms with van der Waals surface area (Å²) in [6.07, 6.45) is 8.70. The molecule has 23 heavy (non-hydrogen) atoms. The van der Waals surface area contributed by atoms with Gasteiger partial charge in [-0.1, -0.05) is 24.6 Å². The maximum absolute atomic E-state index is 10.3. The Morgan fingerprint density at radius 3 is 1.96 bits per heavy atom. The molecule has 0 spiro atoms. The zero-order valence-electron chi connectivity index (χ0n) is 13.8. The lowest BCUT2D eigenvalue weighted by atomic mass is 9.98. The van der Waals surface area contributed by atoms with E-state index in [-0.39, 0.29) is 11.8 Å². The number of nitrogens with one attached hydrogen (secondary N) is 1. The molecule has 1 saturated carbocycles. The number of hydrogen-bond acceptors (Lipinski definition) is 4. The summed E-state index contributed by atoms with van der Waals surface area (Å²) in [5.41, 5.74) is 0. The van der Waals surface area contributed by atoms with Crippen LogP contribution < -0.4 is 10.1 Å². The molecule has 2 amide bonds. The van der Waals surface area contributed by atoms with Gasteiger partial charge in [0.05, 0.1) is 6.10 Å². The van der Waals surface area contributed by atoms with Gasteiger partial charge in [0.2, 0.25) is 11.8 Å². The predicted molar refractivity (Wildman–Crippen MR) is 89.1 cm³/mol. The molecular formula is C18H27NO4. The molecule has 3 rings (SSSR count). The van der Waals surface area contributed by atoms with Crippen molar-refractivity contribution < 1.29 is 19.4 Å². The van der Waals surface area contributed by atoms with E-state index >= 15 is 0 Å². The van der Waals surface area contributed by atoms with E-state index in [9.17, 15) is 9.59 Å². The van der Waals surface area contributed by atoms with Crippen molar-refractivity contribution >= 4 is 11.8 Å². The number of hydrogen-bond donors (Lipinski definition) is 2. The molecule has 0 atom stereocenters. The molecule has 1 aliphatic heterocycles. The molecule has 1 saturated heterocycles. The number of carbonyl (C=O) groups excluding carboxylic acids is 2. The Morgan fingerprint density at radius 2 is 1.48 bits per heavy atom. The summed E-state index contributed by atoms with van der Waals surface area (Å²) in [6, 6.07) is 10.1. The summed E-state index contributed by atoms with van der Waals surface area (Å²) in [6.45, 7) is 0. The highest BCUT2D eigenvalue weighted by atomic mass is 16.5. The van der Waals surface area contributed by atoms with Gasteiger partial charge in [-0.25, -0.2) is 0 Å². The second-order valence-electron chi connectivity index (χ2n) is 5.52. The van der Waals surface area contributed by atoms with Gasteiger partial charge in [-0.05, 0) is 44.2 Å². The van der Waals surface area contributed by atoms with Crippen molar-refractivity contribution in [2.45, 2.75) is 57.5 Å². The molecule has 2 N–H and O–H groups in total. The lowest BCUT2D eigenvalue weighted by Gasteiger charge is -2.22. The minimum Gasteiger partial charge on any atom is -0.490 e. The topological polar surface area (TPSA) is 75.6 Å². The summed E-state index contributed by atoms with van der Waals surface area (Å²) >= 11 is 0. The quantitative estimate of drug-likeness (QED) is 0.821. The Bertz CT molecular complexity index is 441. The molecule has 1 aromatic carbocycles. The lowest BCUT2D eigenvalue weighted by Crippen LogP contribution is -2.33. The van der Waals surface area contributed by atoms with Gasteiger partial charge in [-0.2, -0.15) is 0 Å². The number of aliphatic hydroxyl groups excluding tert-OH is 1. The second kappa shape index (κ2) is 11.7. The molecule has 2 fully saturated rings. The number of amides is 2. The zero-order valence-corrected chi connectivity index (χ0v) is 13.8. The van der Waals surface area contributed by atoms with Crippen molar-refractivity contribution in [3.63, 3.8) is 0 Å². The summed E-state index contributed by atoms with van der Waals surface area (Å²) in [7, 11) is 1.00. The number of benzene rings is 1. The number of aliphatic hydroxyl groups is 1. The van der Waals surface area contributed by atoms with Gasteiger partial charge in [-0.3, -0.25) is 14.9 Å². The van der Waals surface area contributed by atoms with Crippen LogP contribution in [0.25, 0.3) is 0 Å². The molecule has 5 nitrogen and oxygen atoms in total. The number of ether oxygens (including phenoxy) is 1. The van der Waals surface area contributed by atoms with E-state index < -0.39 is 0 Å². The van der Waals surface area contributed by atoms with Crippen LogP contribution in [0.4, 0.5) is 0 Å². The molecule has 2 aliphatic rings. The largest absolute Gasteiger partial charge is 0.490 e. The molecule has 128 valence electrons. The van der Waals surface area contributed by atoms with E-state index in [1.165, 1.54) is 32.1 Å². The van der Waals surface area contributed by atoms with Crippen LogP contribution in [0.2, 0.25) is 0 Å². The maximum atomic E-state index is 10.3. The first-order chi connectivity index (χ1) is 11.2. The average Bonchev–Trinajstić information content (AvgIpc) is 2.59. The van der Waals surface area contributed by atoms with Crippen LogP contribution in [0.1, 0.15) is 51.4 Å². The first-order valence-corrected chi connectivity index (χ1v) is 8.23. The Labute approximate surface area is 138 Å². The van der Waals surface area contributed by atoms with Gasteiger partial charge < -0.3 is 9.84 Å². The minimum atomic E-state index is -0.138. The highest BCUT2D eigenvalue weighted by Gasteiger charge is 2.14. The monoisotopic (exact) mass is 321 g/mol. The highest BCUT2D eigenvalue weighted by molar-refractivity contribution is 5.97. The van der Waals surface area contributed by atoms with Gasteiger partial charge in [0, 0.05) is 20.0 Å². The summed E-state index contributed by atoms with van der Waals surface area (Å²) in [5, 5.41) is 9.20. The van der Waals surface area contributed by atoms with Crippen molar-refractivity contribution in [2.75, 3.05) is 7.11 Å². The SMILES string of the molecule is CO.O=C1CCCC(=O)N1.c1ccc(OC2CCCCC2)cc1. The van der Waals surface area contributed by atoms with Crippen molar-refractivity contribution in [1.29, 1.82) is 0 Å². The van der Waals surface area contributed by atoms with Crippen LogP contribution in [-0.2, 0) is 9.59 Å². The van der Waals surface area contributed by atoms with Gasteiger partial charge in [0.1, 0.15) is 5.75 Å². The third-order valence-electron chi connectivity index (χ3n) is 3.68. The smallest absolute Gasteiger partial charge is 0.226 e. The first-order valence-electron chi connectivity index (χ1n) is 8.23.